The number of ether oxygens (including phenoxy) is 1. The summed E-state index contributed by atoms with van der Waals surface area (Å²) in [5, 5.41) is 0.274. The van der Waals surface area contributed by atoms with E-state index in [1.54, 1.807) is 30.3 Å². The maximum atomic E-state index is 12.6. The molecule has 0 fully saturated rings. The van der Waals surface area contributed by atoms with Crippen molar-refractivity contribution < 1.29 is 13.2 Å². The monoisotopic (exact) mass is 315 g/mol. The van der Waals surface area contributed by atoms with Crippen molar-refractivity contribution in [1.29, 1.82) is 0 Å². The number of hydrogen-bond donors (Lipinski definition) is 1. The summed E-state index contributed by atoms with van der Waals surface area (Å²) in [4.78, 5) is 15.2. The average molecular weight is 315 g/mol. The highest BCUT2D eigenvalue weighted by Crippen LogP contribution is 2.21. The standard InChI is InChI=1S/C16H13NO4S/c1-21-11-7-8-14-13(9-11)16(18)15(10-17-14)22(19,20)12-5-3-2-4-6-12/h2-10H,1H3,(H,17,18). The van der Waals surface area contributed by atoms with E-state index < -0.39 is 15.3 Å². The lowest BCUT2D eigenvalue weighted by atomic mass is 10.2. The van der Waals surface area contributed by atoms with Gasteiger partial charge >= 0.3 is 0 Å². The molecule has 0 aliphatic carbocycles. The summed E-state index contributed by atoms with van der Waals surface area (Å²) < 4.78 is 30.3. The minimum atomic E-state index is -3.87. The number of aromatic nitrogens is 1. The van der Waals surface area contributed by atoms with E-state index >= 15 is 0 Å². The number of hydrogen-bond acceptors (Lipinski definition) is 4. The fourth-order valence-electron chi connectivity index (χ4n) is 2.23. The van der Waals surface area contributed by atoms with Crippen molar-refractivity contribution in [1.82, 2.24) is 4.98 Å². The van der Waals surface area contributed by atoms with Crippen molar-refractivity contribution in [3.05, 3.63) is 65.0 Å². The lowest BCUT2D eigenvalue weighted by molar-refractivity contribution is 0.415. The van der Waals surface area contributed by atoms with Crippen LogP contribution in [0.25, 0.3) is 10.9 Å². The molecule has 0 atom stereocenters. The first kappa shape index (κ1) is 14.3. The molecule has 1 N–H and O–H groups in total. The predicted molar refractivity (Wildman–Crippen MR) is 83.0 cm³/mol. The number of pyridine rings is 1. The van der Waals surface area contributed by atoms with Gasteiger partial charge in [-0.2, -0.15) is 0 Å². The van der Waals surface area contributed by atoms with Crippen LogP contribution in [0.15, 0.2) is 69.3 Å². The number of aromatic amines is 1. The van der Waals surface area contributed by atoms with E-state index in [4.69, 9.17) is 4.74 Å². The molecular weight excluding hydrogens is 302 g/mol. The van der Waals surface area contributed by atoms with Crippen LogP contribution in [-0.4, -0.2) is 20.5 Å². The quantitative estimate of drug-likeness (QED) is 0.805. The second-order valence-electron chi connectivity index (χ2n) is 4.71. The fraction of sp³-hybridized carbons (Fsp3) is 0.0625. The van der Waals surface area contributed by atoms with Crippen LogP contribution >= 0.6 is 0 Å². The van der Waals surface area contributed by atoms with Gasteiger partial charge in [-0.25, -0.2) is 8.42 Å². The molecule has 5 nitrogen and oxygen atoms in total. The SMILES string of the molecule is COc1ccc2[nH]cc(S(=O)(=O)c3ccccc3)c(=O)c2c1. The van der Waals surface area contributed by atoms with Crippen LogP contribution in [0.4, 0.5) is 0 Å². The lowest BCUT2D eigenvalue weighted by Crippen LogP contribution is -2.16. The van der Waals surface area contributed by atoms with Crippen molar-refractivity contribution >= 4 is 20.7 Å². The molecule has 0 unspecified atom stereocenters. The van der Waals surface area contributed by atoms with Crippen molar-refractivity contribution in [3.63, 3.8) is 0 Å². The Morgan fingerprint density at radius 2 is 1.77 bits per heavy atom. The zero-order valence-corrected chi connectivity index (χ0v) is 12.6. The maximum absolute atomic E-state index is 12.6. The number of methoxy groups -OCH3 is 1. The van der Waals surface area contributed by atoms with Gasteiger partial charge in [0, 0.05) is 11.7 Å². The van der Waals surface area contributed by atoms with Crippen LogP contribution in [0.5, 0.6) is 5.75 Å². The van der Waals surface area contributed by atoms with Crippen LogP contribution in [0.2, 0.25) is 0 Å². The van der Waals surface area contributed by atoms with Crippen molar-refractivity contribution in [2.24, 2.45) is 0 Å². The third-order valence-corrected chi connectivity index (χ3v) is 5.17. The number of benzene rings is 2. The number of rotatable bonds is 3. The first-order valence-electron chi connectivity index (χ1n) is 6.53. The molecule has 0 aliphatic rings. The van der Waals surface area contributed by atoms with E-state index in [9.17, 15) is 13.2 Å². The van der Waals surface area contributed by atoms with Crippen molar-refractivity contribution in [3.8, 4) is 5.75 Å². The van der Waals surface area contributed by atoms with Gasteiger partial charge < -0.3 is 9.72 Å². The second-order valence-corrected chi connectivity index (χ2v) is 6.63. The summed E-state index contributed by atoms with van der Waals surface area (Å²) in [5.74, 6) is 0.493. The minimum absolute atomic E-state index is 0.0859. The third-order valence-electron chi connectivity index (χ3n) is 3.40. The summed E-state index contributed by atoms with van der Waals surface area (Å²) in [6.45, 7) is 0. The first-order chi connectivity index (χ1) is 10.5. The minimum Gasteiger partial charge on any atom is -0.497 e. The molecule has 0 aliphatic heterocycles. The van der Waals surface area contributed by atoms with E-state index in [-0.39, 0.29) is 15.2 Å². The Hall–Kier alpha value is -2.60. The van der Waals surface area contributed by atoms with Crippen LogP contribution < -0.4 is 10.2 Å². The van der Waals surface area contributed by atoms with E-state index in [2.05, 4.69) is 4.98 Å². The molecule has 6 heteroatoms. The average Bonchev–Trinajstić information content (AvgIpc) is 2.55. The molecule has 0 amide bonds. The number of fused-ring (bicyclic) bond motifs is 1. The molecule has 3 aromatic rings. The molecule has 112 valence electrons. The van der Waals surface area contributed by atoms with Gasteiger partial charge in [0.1, 0.15) is 10.6 Å². The van der Waals surface area contributed by atoms with Gasteiger partial charge in [-0.1, -0.05) is 18.2 Å². The van der Waals surface area contributed by atoms with Gasteiger partial charge in [0.2, 0.25) is 15.3 Å². The van der Waals surface area contributed by atoms with E-state index in [0.717, 1.165) is 0 Å². The van der Waals surface area contributed by atoms with Gasteiger partial charge in [0.15, 0.2) is 0 Å². The highest BCUT2D eigenvalue weighted by Gasteiger charge is 2.22. The fourth-order valence-corrected chi connectivity index (χ4v) is 3.57. The lowest BCUT2D eigenvalue weighted by Gasteiger charge is -2.06. The Morgan fingerprint density at radius 1 is 1.05 bits per heavy atom. The molecule has 22 heavy (non-hydrogen) atoms. The van der Waals surface area contributed by atoms with E-state index in [1.165, 1.54) is 31.5 Å². The molecule has 0 saturated carbocycles. The number of sulfone groups is 1. The topological polar surface area (TPSA) is 76.2 Å². The largest absolute Gasteiger partial charge is 0.497 e. The first-order valence-corrected chi connectivity index (χ1v) is 8.02. The summed E-state index contributed by atoms with van der Waals surface area (Å²) >= 11 is 0. The summed E-state index contributed by atoms with van der Waals surface area (Å²) in [7, 11) is -2.38. The molecule has 1 heterocycles. The van der Waals surface area contributed by atoms with Gasteiger partial charge in [0.05, 0.1) is 17.4 Å². The van der Waals surface area contributed by atoms with Crippen LogP contribution in [-0.2, 0) is 9.84 Å². The normalized spacial score (nSPS) is 11.5. The zero-order valence-electron chi connectivity index (χ0n) is 11.7. The summed E-state index contributed by atoms with van der Waals surface area (Å²) in [5.41, 5.74) is 0.00862. The van der Waals surface area contributed by atoms with E-state index in [0.29, 0.717) is 11.3 Å². The van der Waals surface area contributed by atoms with Crippen LogP contribution in [0.1, 0.15) is 0 Å². The van der Waals surface area contributed by atoms with E-state index in [1.807, 2.05) is 0 Å². The Bertz CT molecular complexity index is 992. The summed E-state index contributed by atoms with van der Waals surface area (Å²) in [6.07, 6.45) is 1.24. The van der Waals surface area contributed by atoms with Crippen LogP contribution in [0, 0.1) is 0 Å². The third kappa shape index (κ3) is 2.27. The zero-order chi connectivity index (χ0) is 15.7. The number of H-pyrrole nitrogens is 1. The maximum Gasteiger partial charge on any atom is 0.211 e. The molecule has 0 radical (unpaired) electrons. The van der Waals surface area contributed by atoms with Gasteiger partial charge in [0.25, 0.3) is 0 Å². The molecular formula is C16H13NO4S. The van der Waals surface area contributed by atoms with Gasteiger partial charge in [-0.3, -0.25) is 4.79 Å². The number of nitrogens with one attached hydrogen (secondary N) is 1. The highest BCUT2D eigenvalue weighted by molar-refractivity contribution is 7.91. The molecule has 2 aromatic carbocycles. The Kier molecular flexibility index (Phi) is 3.46. The molecule has 3 rings (SSSR count). The Labute approximate surface area is 127 Å². The summed E-state index contributed by atoms with van der Waals surface area (Å²) in [6, 6.07) is 12.8. The van der Waals surface area contributed by atoms with Crippen LogP contribution in [0.3, 0.4) is 0 Å². The van der Waals surface area contributed by atoms with Crippen molar-refractivity contribution in [2.45, 2.75) is 9.79 Å². The smallest absolute Gasteiger partial charge is 0.211 e. The Balaban J connectivity index is 2.28. The van der Waals surface area contributed by atoms with Crippen molar-refractivity contribution in [2.75, 3.05) is 7.11 Å². The Morgan fingerprint density at radius 3 is 2.45 bits per heavy atom. The van der Waals surface area contributed by atoms with Gasteiger partial charge in [-0.05, 0) is 30.3 Å². The predicted octanol–water partition coefficient (Wildman–Crippen LogP) is 2.37. The molecule has 1 aromatic heterocycles. The highest BCUT2D eigenvalue weighted by atomic mass is 32.2. The molecule has 0 bridgehead atoms. The van der Waals surface area contributed by atoms with Gasteiger partial charge in [-0.15, -0.1) is 0 Å². The second kappa shape index (κ2) is 5.31. The molecule has 0 saturated heterocycles. The molecule has 0 spiro atoms.